The maximum absolute atomic E-state index is 10.8. The molecular formula is C10H17ClO2. The van der Waals surface area contributed by atoms with Gasteiger partial charge in [0.1, 0.15) is 0 Å². The van der Waals surface area contributed by atoms with Gasteiger partial charge in [0.15, 0.2) is 0 Å². The Morgan fingerprint density at radius 3 is 2.23 bits per heavy atom. The van der Waals surface area contributed by atoms with Gasteiger partial charge >= 0.3 is 5.97 Å². The number of carboxylic acids is 1. The number of hydrogen-bond acceptors (Lipinski definition) is 1. The van der Waals surface area contributed by atoms with Crippen molar-refractivity contribution < 1.29 is 9.90 Å². The van der Waals surface area contributed by atoms with E-state index >= 15 is 0 Å². The van der Waals surface area contributed by atoms with Crippen LogP contribution in [0.2, 0.25) is 0 Å². The van der Waals surface area contributed by atoms with Crippen molar-refractivity contribution in [1.29, 1.82) is 0 Å². The normalized spacial score (nSPS) is 31.5. The lowest BCUT2D eigenvalue weighted by molar-refractivity contribution is -0.139. The summed E-state index contributed by atoms with van der Waals surface area (Å²) in [7, 11) is 0. The van der Waals surface area contributed by atoms with Gasteiger partial charge in [-0.1, -0.05) is 13.8 Å². The van der Waals surface area contributed by atoms with Gasteiger partial charge in [0.25, 0.3) is 0 Å². The van der Waals surface area contributed by atoms with Crippen LogP contribution < -0.4 is 0 Å². The van der Waals surface area contributed by atoms with E-state index in [0.717, 1.165) is 6.42 Å². The van der Waals surface area contributed by atoms with Crippen molar-refractivity contribution in [2.75, 3.05) is 0 Å². The van der Waals surface area contributed by atoms with Crippen molar-refractivity contribution in [3.63, 3.8) is 0 Å². The van der Waals surface area contributed by atoms with Gasteiger partial charge in [-0.25, -0.2) is 0 Å². The molecule has 1 fully saturated rings. The molecule has 1 N–H and O–H groups in total. The fraction of sp³-hybridized carbons (Fsp3) is 0.900. The third-order valence-electron chi connectivity index (χ3n) is 3.02. The molecule has 2 atom stereocenters. The third kappa shape index (κ3) is 2.16. The summed E-state index contributed by atoms with van der Waals surface area (Å²) in [4.78, 5) is 10.5. The van der Waals surface area contributed by atoms with Crippen molar-refractivity contribution in [2.24, 2.45) is 17.3 Å². The van der Waals surface area contributed by atoms with E-state index in [1.807, 2.05) is 27.7 Å². The molecule has 0 amide bonds. The topological polar surface area (TPSA) is 37.3 Å². The van der Waals surface area contributed by atoms with Crippen LogP contribution in [0, 0.1) is 17.3 Å². The van der Waals surface area contributed by atoms with Gasteiger partial charge in [-0.05, 0) is 31.6 Å². The lowest BCUT2D eigenvalue weighted by Crippen LogP contribution is -2.13. The summed E-state index contributed by atoms with van der Waals surface area (Å²) < 4.78 is 0. The van der Waals surface area contributed by atoms with Gasteiger partial charge in [-0.2, -0.15) is 0 Å². The lowest BCUT2D eigenvalue weighted by Gasteiger charge is -2.15. The molecule has 0 aromatic carbocycles. The van der Waals surface area contributed by atoms with Crippen LogP contribution >= 0.6 is 11.6 Å². The van der Waals surface area contributed by atoms with Crippen LogP contribution in [0.3, 0.4) is 0 Å². The zero-order chi connectivity index (χ0) is 10.4. The molecule has 0 aromatic heterocycles. The lowest BCUT2D eigenvalue weighted by atomic mass is 10.0. The fourth-order valence-electron chi connectivity index (χ4n) is 2.14. The Hall–Kier alpha value is -0.240. The number of halogens is 1. The van der Waals surface area contributed by atoms with E-state index in [0.29, 0.717) is 0 Å². The molecule has 2 unspecified atom stereocenters. The highest BCUT2D eigenvalue weighted by molar-refractivity contribution is 6.23. The molecule has 0 bridgehead atoms. The number of aliphatic carboxylic acids is 1. The number of carboxylic acid groups (broad SMARTS) is 1. The number of hydrogen-bond donors (Lipinski definition) is 1. The Morgan fingerprint density at radius 2 is 2.00 bits per heavy atom. The first-order valence-electron chi connectivity index (χ1n) is 4.58. The van der Waals surface area contributed by atoms with Crippen molar-refractivity contribution in [3.8, 4) is 0 Å². The summed E-state index contributed by atoms with van der Waals surface area (Å²) in [6, 6.07) is 0. The second kappa shape index (κ2) is 2.88. The molecule has 2 nitrogen and oxygen atoms in total. The van der Waals surface area contributed by atoms with Crippen LogP contribution in [0.1, 0.15) is 34.1 Å². The highest BCUT2D eigenvalue weighted by Crippen LogP contribution is 2.61. The van der Waals surface area contributed by atoms with Gasteiger partial charge in [-0.15, -0.1) is 11.6 Å². The minimum absolute atomic E-state index is 0.0714. The zero-order valence-corrected chi connectivity index (χ0v) is 9.35. The van der Waals surface area contributed by atoms with Gasteiger partial charge in [0.2, 0.25) is 0 Å². The van der Waals surface area contributed by atoms with E-state index in [9.17, 15) is 4.79 Å². The summed E-state index contributed by atoms with van der Waals surface area (Å²) in [5.74, 6) is -0.654. The van der Waals surface area contributed by atoms with Crippen LogP contribution in [-0.4, -0.2) is 16.0 Å². The highest BCUT2D eigenvalue weighted by atomic mass is 35.5. The number of carbonyl (C=O) groups is 1. The molecular weight excluding hydrogens is 188 g/mol. The molecule has 1 aliphatic rings. The summed E-state index contributed by atoms with van der Waals surface area (Å²) in [5.41, 5.74) is -0.0714. The van der Waals surface area contributed by atoms with Gasteiger partial charge < -0.3 is 5.11 Å². The van der Waals surface area contributed by atoms with E-state index < -0.39 is 5.97 Å². The van der Waals surface area contributed by atoms with E-state index in [-0.39, 0.29) is 22.1 Å². The van der Waals surface area contributed by atoms with E-state index in [4.69, 9.17) is 16.7 Å². The van der Waals surface area contributed by atoms with E-state index in [1.54, 1.807) is 0 Å². The molecule has 0 aromatic rings. The van der Waals surface area contributed by atoms with Crippen molar-refractivity contribution >= 4 is 17.6 Å². The molecule has 1 saturated carbocycles. The van der Waals surface area contributed by atoms with E-state index in [1.165, 1.54) is 0 Å². The summed E-state index contributed by atoms with van der Waals surface area (Å²) >= 11 is 6.07. The maximum Gasteiger partial charge on any atom is 0.307 e. The average Bonchev–Trinajstić information content (AvgIpc) is 2.28. The van der Waals surface area contributed by atoms with Crippen LogP contribution in [0.15, 0.2) is 0 Å². The largest absolute Gasteiger partial charge is 0.481 e. The van der Waals surface area contributed by atoms with Gasteiger partial charge in [0.05, 0.1) is 5.92 Å². The third-order valence-corrected chi connectivity index (χ3v) is 3.18. The molecule has 0 aliphatic heterocycles. The first-order valence-corrected chi connectivity index (χ1v) is 4.96. The molecule has 0 spiro atoms. The average molecular weight is 205 g/mol. The molecule has 76 valence electrons. The Kier molecular flexibility index (Phi) is 2.40. The monoisotopic (exact) mass is 204 g/mol. The number of alkyl halides is 1. The Labute approximate surface area is 84.3 Å². The standard InChI is InChI=1S/C10H17ClO2/c1-9(2,11)5-6-7(8(12)13)10(6,3)4/h6-7H,5H2,1-4H3,(H,12,13). The fourth-order valence-corrected chi connectivity index (χ4v) is 2.30. The smallest absolute Gasteiger partial charge is 0.307 e. The minimum atomic E-state index is -0.684. The SMILES string of the molecule is CC(C)(Cl)CC1C(C(=O)O)C1(C)C. The van der Waals surface area contributed by atoms with Crippen molar-refractivity contribution in [1.82, 2.24) is 0 Å². The second-order valence-corrected chi connectivity index (χ2v) is 6.19. The zero-order valence-electron chi connectivity index (χ0n) is 8.60. The maximum atomic E-state index is 10.8. The summed E-state index contributed by atoms with van der Waals surface area (Å²) in [6.45, 7) is 7.86. The Balaban J connectivity index is 2.61. The molecule has 0 saturated heterocycles. The first-order chi connectivity index (χ1) is 5.66. The van der Waals surface area contributed by atoms with Crippen molar-refractivity contribution in [3.05, 3.63) is 0 Å². The van der Waals surface area contributed by atoms with Gasteiger partial charge in [-0.3, -0.25) is 4.79 Å². The van der Waals surface area contributed by atoms with Crippen LogP contribution in [-0.2, 0) is 4.79 Å². The summed E-state index contributed by atoms with van der Waals surface area (Å²) in [6.07, 6.45) is 0.776. The molecule has 13 heavy (non-hydrogen) atoms. The molecule has 3 heteroatoms. The second-order valence-electron chi connectivity index (χ2n) is 5.17. The molecule has 1 rings (SSSR count). The Bertz CT molecular complexity index is 228. The summed E-state index contributed by atoms with van der Waals surface area (Å²) in [5, 5.41) is 8.91. The quantitative estimate of drug-likeness (QED) is 0.718. The first kappa shape index (κ1) is 10.8. The van der Waals surface area contributed by atoms with Crippen LogP contribution in [0.5, 0.6) is 0 Å². The minimum Gasteiger partial charge on any atom is -0.481 e. The van der Waals surface area contributed by atoms with Gasteiger partial charge in [0, 0.05) is 4.87 Å². The predicted octanol–water partition coefficient (Wildman–Crippen LogP) is 2.75. The van der Waals surface area contributed by atoms with Crippen LogP contribution in [0.25, 0.3) is 0 Å². The highest BCUT2D eigenvalue weighted by Gasteiger charge is 2.62. The molecule has 1 aliphatic carbocycles. The van der Waals surface area contributed by atoms with Crippen LogP contribution in [0.4, 0.5) is 0 Å². The Morgan fingerprint density at radius 1 is 1.54 bits per heavy atom. The van der Waals surface area contributed by atoms with E-state index in [2.05, 4.69) is 0 Å². The van der Waals surface area contributed by atoms with Crippen molar-refractivity contribution in [2.45, 2.75) is 39.0 Å². The molecule has 0 radical (unpaired) electrons. The number of rotatable bonds is 3. The predicted molar refractivity (Wildman–Crippen MR) is 52.9 cm³/mol. The molecule has 0 heterocycles.